The standard InChI is InChI=1S/C25H42/c1-7-9-10-20(8-2)16-24(5)17-21-13-14-25(6)18(3)11-12-23(25)22(21)15-19(24)4/h20-23H,3-4,7-17H2,1-2,5-6H3. The largest absolute Gasteiger partial charge is 0.0993 e. The van der Waals surface area contributed by atoms with Gasteiger partial charge in [-0.05, 0) is 79.4 Å². The van der Waals surface area contributed by atoms with Gasteiger partial charge in [0.05, 0.1) is 0 Å². The van der Waals surface area contributed by atoms with Crippen molar-refractivity contribution >= 4 is 0 Å². The minimum atomic E-state index is 0.402. The number of hydrogen-bond acceptors (Lipinski definition) is 0. The van der Waals surface area contributed by atoms with Crippen LogP contribution in [0, 0.1) is 34.5 Å². The Morgan fingerprint density at radius 2 is 1.88 bits per heavy atom. The molecule has 25 heavy (non-hydrogen) atoms. The average molecular weight is 343 g/mol. The van der Waals surface area contributed by atoms with E-state index in [0.717, 1.165) is 23.7 Å². The maximum Gasteiger partial charge on any atom is -0.00878 e. The molecule has 0 nitrogen and oxygen atoms in total. The lowest BCUT2D eigenvalue weighted by Crippen LogP contribution is -2.45. The van der Waals surface area contributed by atoms with Crippen molar-refractivity contribution in [3.05, 3.63) is 24.3 Å². The molecule has 3 aliphatic rings. The molecule has 0 spiro atoms. The maximum absolute atomic E-state index is 4.66. The van der Waals surface area contributed by atoms with Crippen LogP contribution >= 0.6 is 0 Å². The van der Waals surface area contributed by atoms with Crippen molar-refractivity contribution in [2.24, 2.45) is 34.5 Å². The van der Waals surface area contributed by atoms with Crippen LogP contribution in [0.5, 0.6) is 0 Å². The summed E-state index contributed by atoms with van der Waals surface area (Å²) in [4.78, 5) is 0. The highest BCUT2D eigenvalue weighted by atomic mass is 14.6. The Hall–Kier alpha value is -0.520. The van der Waals surface area contributed by atoms with Gasteiger partial charge in [-0.25, -0.2) is 0 Å². The Balaban J connectivity index is 1.72. The lowest BCUT2D eigenvalue weighted by Gasteiger charge is -2.54. The highest BCUT2D eigenvalue weighted by Gasteiger charge is 2.54. The molecule has 3 aliphatic carbocycles. The molecule has 6 atom stereocenters. The third-order valence-electron chi connectivity index (χ3n) is 8.87. The summed E-state index contributed by atoms with van der Waals surface area (Å²) >= 11 is 0. The van der Waals surface area contributed by atoms with Crippen LogP contribution in [0.2, 0.25) is 0 Å². The second-order valence-electron chi connectivity index (χ2n) is 10.3. The van der Waals surface area contributed by atoms with Gasteiger partial charge in [0.1, 0.15) is 0 Å². The Labute approximate surface area is 157 Å². The quantitative estimate of drug-likeness (QED) is 0.430. The van der Waals surface area contributed by atoms with Crippen molar-refractivity contribution in [1.82, 2.24) is 0 Å². The Morgan fingerprint density at radius 3 is 2.56 bits per heavy atom. The fourth-order valence-corrected chi connectivity index (χ4v) is 6.90. The van der Waals surface area contributed by atoms with E-state index >= 15 is 0 Å². The zero-order valence-corrected chi connectivity index (χ0v) is 17.5. The third-order valence-corrected chi connectivity index (χ3v) is 8.87. The average Bonchev–Trinajstić information content (AvgIpc) is 2.89. The van der Waals surface area contributed by atoms with Gasteiger partial charge in [0, 0.05) is 0 Å². The first kappa shape index (κ1) is 19.2. The molecule has 3 saturated carbocycles. The van der Waals surface area contributed by atoms with Crippen LogP contribution in [0.15, 0.2) is 24.3 Å². The second kappa shape index (κ2) is 7.24. The number of unbranched alkanes of at least 4 members (excludes halogenated alkanes) is 1. The lowest BCUT2D eigenvalue weighted by atomic mass is 9.51. The summed E-state index contributed by atoms with van der Waals surface area (Å²) in [6.45, 7) is 18.9. The third kappa shape index (κ3) is 3.40. The zero-order valence-electron chi connectivity index (χ0n) is 17.5. The van der Waals surface area contributed by atoms with Gasteiger partial charge in [0.15, 0.2) is 0 Å². The maximum atomic E-state index is 4.66. The van der Waals surface area contributed by atoms with E-state index < -0.39 is 0 Å². The normalized spacial score (nSPS) is 42.2. The van der Waals surface area contributed by atoms with Crippen LogP contribution in [-0.2, 0) is 0 Å². The highest BCUT2D eigenvalue weighted by molar-refractivity contribution is 5.24. The number of hydrogen-bond donors (Lipinski definition) is 0. The molecular formula is C25H42. The van der Waals surface area contributed by atoms with Gasteiger partial charge in [0.25, 0.3) is 0 Å². The molecular weight excluding hydrogens is 300 g/mol. The van der Waals surface area contributed by atoms with Crippen LogP contribution in [0.1, 0.15) is 98.3 Å². The van der Waals surface area contributed by atoms with Gasteiger partial charge in [0.2, 0.25) is 0 Å². The van der Waals surface area contributed by atoms with Crippen LogP contribution in [0.25, 0.3) is 0 Å². The fourth-order valence-electron chi connectivity index (χ4n) is 6.90. The van der Waals surface area contributed by atoms with Gasteiger partial charge in [-0.1, -0.05) is 77.7 Å². The lowest BCUT2D eigenvalue weighted by molar-refractivity contribution is 0.00881. The summed E-state index contributed by atoms with van der Waals surface area (Å²) in [6, 6.07) is 0. The Bertz CT molecular complexity index is 514. The van der Waals surface area contributed by atoms with Crippen molar-refractivity contribution < 1.29 is 0 Å². The van der Waals surface area contributed by atoms with E-state index in [1.54, 1.807) is 11.1 Å². The van der Waals surface area contributed by atoms with Gasteiger partial charge in [-0.2, -0.15) is 0 Å². The predicted octanol–water partition coefficient (Wildman–Crippen LogP) is 7.95. The molecule has 0 radical (unpaired) electrons. The smallest absolute Gasteiger partial charge is 0.00878 e. The summed E-state index contributed by atoms with van der Waals surface area (Å²) in [5, 5.41) is 0. The van der Waals surface area contributed by atoms with Crippen LogP contribution in [0.3, 0.4) is 0 Å². The van der Waals surface area contributed by atoms with Crippen molar-refractivity contribution in [2.45, 2.75) is 98.3 Å². The molecule has 0 N–H and O–H groups in total. The summed E-state index contributed by atoms with van der Waals surface area (Å²) in [6.07, 6.45) is 15.1. The van der Waals surface area contributed by atoms with E-state index in [0.29, 0.717) is 10.8 Å². The van der Waals surface area contributed by atoms with E-state index in [1.165, 1.54) is 70.6 Å². The van der Waals surface area contributed by atoms with E-state index in [2.05, 4.69) is 40.9 Å². The molecule has 0 aromatic rings. The molecule has 0 heteroatoms. The van der Waals surface area contributed by atoms with Crippen molar-refractivity contribution in [3.8, 4) is 0 Å². The topological polar surface area (TPSA) is 0 Å². The molecule has 0 amide bonds. The van der Waals surface area contributed by atoms with E-state index in [-0.39, 0.29) is 0 Å². The molecule has 0 aromatic carbocycles. The molecule has 142 valence electrons. The molecule has 0 aliphatic heterocycles. The van der Waals surface area contributed by atoms with Crippen molar-refractivity contribution in [2.75, 3.05) is 0 Å². The van der Waals surface area contributed by atoms with Gasteiger partial charge >= 0.3 is 0 Å². The van der Waals surface area contributed by atoms with E-state index in [4.69, 9.17) is 0 Å². The first-order chi connectivity index (χ1) is 11.8. The van der Waals surface area contributed by atoms with Gasteiger partial charge in [-0.15, -0.1) is 0 Å². The molecule has 0 aromatic heterocycles. The van der Waals surface area contributed by atoms with Crippen LogP contribution in [-0.4, -0.2) is 0 Å². The fraction of sp³-hybridized carbons (Fsp3) is 0.840. The first-order valence-electron chi connectivity index (χ1n) is 11.2. The monoisotopic (exact) mass is 342 g/mol. The summed E-state index contributed by atoms with van der Waals surface area (Å²) in [7, 11) is 0. The minimum Gasteiger partial charge on any atom is -0.0993 e. The van der Waals surface area contributed by atoms with E-state index in [1.807, 2.05) is 0 Å². The predicted molar refractivity (Wildman–Crippen MR) is 111 cm³/mol. The highest BCUT2D eigenvalue weighted by Crippen LogP contribution is 2.64. The Kier molecular flexibility index (Phi) is 5.57. The molecule has 3 fully saturated rings. The SMILES string of the molecule is C=C1CC2C(CCC3(C)C(=C)CCC23)CC1(C)CC(CC)CCCC. The molecule has 6 unspecified atom stereocenters. The second-order valence-corrected chi connectivity index (χ2v) is 10.3. The van der Waals surface area contributed by atoms with Gasteiger partial charge in [-0.3, -0.25) is 0 Å². The summed E-state index contributed by atoms with van der Waals surface area (Å²) < 4.78 is 0. The number of allylic oxidation sites excluding steroid dienone is 2. The van der Waals surface area contributed by atoms with Gasteiger partial charge < -0.3 is 0 Å². The first-order valence-corrected chi connectivity index (χ1v) is 11.2. The molecule has 0 saturated heterocycles. The zero-order chi connectivity index (χ0) is 18.2. The van der Waals surface area contributed by atoms with Crippen LogP contribution < -0.4 is 0 Å². The van der Waals surface area contributed by atoms with Crippen molar-refractivity contribution in [1.29, 1.82) is 0 Å². The molecule has 0 heterocycles. The number of rotatable bonds is 6. The Morgan fingerprint density at radius 1 is 1.12 bits per heavy atom. The van der Waals surface area contributed by atoms with Crippen molar-refractivity contribution in [3.63, 3.8) is 0 Å². The number of fused-ring (bicyclic) bond motifs is 3. The molecule has 3 rings (SSSR count). The van der Waals surface area contributed by atoms with Crippen LogP contribution in [0.4, 0.5) is 0 Å². The minimum absolute atomic E-state index is 0.402. The van der Waals surface area contributed by atoms with E-state index in [9.17, 15) is 0 Å². The summed E-state index contributed by atoms with van der Waals surface area (Å²) in [5.74, 6) is 3.64. The summed E-state index contributed by atoms with van der Waals surface area (Å²) in [5.41, 5.74) is 3.99. The molecule has 0 bridgehead atoms.